The summed E-state index contributed by atoms with van der Waals surface area (Å²) in [5.41, 5.74) is 10.9. The van der Waals surface area contributed by atoms with E-state index in [1.807, 2.05) is 6.92 Å². The van der Waals surface area contributed by atoms with Crippen LogP contribution in [-0.2, 0) is 4.79 Å². The van der Waals surface area contributed by atoms with Crippen LogP contribution in [0.4, 0.5) is 0 Å². The molecule has 0 fully saturated rings. The smallest absolute Gasteiger partial charge is 0.320 e. The van der Waals surface area contributed by atoms with Gasteiger partial charge in [0.05, 0.1) is 5.84 Å². The molecule has 0 rings (SSSR count). The van der Waals surface area contributed by atoms with Crippen molar-refractivity contribution in [2.45, 2.75) is 38.6 Å². The molecule has 1 atom stereocenters. The van der Waals surface area contributed by atoms with Crippen molar-refractivity contribution in [1.82, 2.24) is 0 Å². The van der Waals surface area contributed by atoms with Crippen LogP contribution in [0.2, 0.25) is 0 Å². The standard InChI is InChI=1S/C9H19N3O2/c1-2-4-8(11)12-6-3-5-7(10)9(13)14/h7H,2-6,10H2,1H3,(H2,11,12)(H,13,14)/t7-/m0/s1. The van der Waals surface area contributed by atoms with Crippen LogP contribution in [0.3, 0.4) is 0 Å². The van der Waals surface area contributed by atoms with E-state index in [1.165, 1.54) is 0 Å². The average molecular weight is 201 g/mol. The average Bonchev–Trinajstić information content (AvgIpc) is 2.12. The Bertz CT molecular complexity index is 204. The van der Waals surface area contributed by atoms with Gasteiger partial charge in [-0.2, -0.15) is 0 Å². The highest BCUT2D eigenvalue weighted by Crippen LogP contribution is 1.96. The number of nitrogens with two attached hydrogens (primary N) is 2. The molecule has 5 heteroatoms. The first-order valence-corrected chi connectivity index (χ1v) is 4.85. The van der Waals surface area contributed by atoms with Crippen LogP contribution >= 0.6 is 0 Å². The highest BCUT2D eigenvalue weighted by molar-refractivity contribution is 5.80. The number of aliphatic imine (C=N–C) groups is 1. The monoisotopic (exact) mass is 201 g/mol. The van der Waals surface area contributed by atoms with E-state index in [2.05, 4.69) is 4.99 Å². The van der Waals surface area contributed by atoms with Gasteiger partial charge in [0.1, 0.15) is 6.04 Å². The van der Waals surface area contributed by atoms with E-state index in [0.29, 0.717) is 25.2 Å². The summed E-state index contributed by atoms with van der Waals surface area (Å²) in [6, 6.07) is -0.780. The SMILES string of the molecule is CCCC(N)=NCCC[C@H](N)C(=O)O. The van der Waals surface area contributed by atoms with Crippen molar-refractivity contribution in [3.05, 3.63) is 0 Å². The largest absolute Gasteiger partial charge is 0.480 e. The Hall–Kier alpha value is -1.10. The minimum atomic E-state index is -0.962. The Labute approximate surface area is 84.2 Å². The highest BCUT2D eigenvalue weighted by Gasteiger charge is 2.09. The third-order valence-corrected chi connectivity index (χ3v) is 1.81. The van der Waals surface area contributed by atoms with E-state index >= 15 is 0 Å². The van der Waals surface area contributed by atoms with E-state index in [1.54, 1.807) is 0 Å². The minimum absolute atomic E-state index is 0.443. The molecule has 0 aliphatic carbocycles. The van der Waals surface area contributed by atoms with Crippen molar-refractivity contribution in [1.29, 1.82) is 0 Å². The Morgan fingerprint density at radius 2 is 2.21 bits per heavy atom. The summed E-state index contributed by atoms with van der Waals surface area (Å²) in [5.74, 6) is -0.327. The van der Waals surface area contributed by atoms with E-state index in [4.69, 9.17) is 16.6 Å². The number of carboxylic acids is 1. The lowest BCUT2D eigenvalue weighted by Crippen LogP contribution is -2.30. The molecule has 0 saturated carbocycles. The molecule has 0 aromatic rings. The van der Waals surface area contributed by atoms with Gasteiger partial charge in [-0.25, -0.2) is 0 Å². The molecule has 0 heterocycles. The fraction of sp³-hybridized carbons (Fsp3) is 0.778. The summed E-state index contributed by atoms with van der Waals surface area (Å²) in [6.07, 6.45) is 2.88. The van der Waals surface area contributed by atoms with E-state index < -0.39 is 12.0 Å². The third kappa shape index (κ3) is 6.42. The Morgan fingerprint density at radius 3 is 2.71 bits per heavy atom. The first kappa shape index (κ1) is 12.9. The minimum Gasteiger partial charge on any atom is -0.480 e. The summed E-state index contributed by atoms with van der Waals surface area (Å²) < 4.78 is 0. The topological polar surface area (TPSA) is 102 Å². The van der Waals surface area contributed by atoms with Gasteiger partial charge in [-0.3, -0.25) is 9.79 Å². The van der Waals surface area contributed by atoms with Crippen molar-refractivity contribution in [3.8, 4) is 0 Å². The van der Waals surface area contributed by atoms with Crippen molar-refractivity contribution >= 4 is 11.8 Å². The summed E-state index contributed by atoms with van der Waals surface area (Å²) >= 11 is 0. The van der Waals surface area contributed by atoms with Crippen molar-refractivity contribution in [2.75, 3.05) is 6.54 Å². The highest BCUT2D eigenvalue weighted by atomic mass is 16.4. The molecule has 0 radical (unpaired) electrons. The number of carbonyl (C=O) groups is 1. The fourth-order valence-electron chi connectivity index (χ4n) is 0.993. The lowest BCUT2D eigenvalue weighted by molar-refractivity contribution is -0.138. The third-order valence-electron chi connectivity index (χ3n) is 1.81. The molecular weight excluding hydrogens is 182 g/mol. The van der Waals surface area contributed by atoms with E-state index in [-0.39, 0.29) is 0 Å². The van der Waals surface area contributed by atoms with Crippen molar-refractivity contribution < 1.29 is 9.90 Å². The number of amidine groups is 1. The van der Waals surface area contributed by atoms with E-state index in [0.717, 1.165) is 12.8 Å². The molecule has 5 nitrogen and oxygen atoms in total. The maximum Gasteiger partial charge on any atom is 0.320 e. The van der Waals surface area contributed by atoms with E-state index in [9.17, 15) is 4.79 Å². The van der Waals surface area contributed by atoms with Gasteiger partial charge >= 0.3 is 5.97 Å². The van der Waals surface area contributed by atoms with Crippen LogP contribution in [0, 0.1) is 0 Å². The Morgan fingerprint density at radius 1 is 1.57 bits per heavy atom. The molecule has 0 unspecified atom stereocenters. The fourth-order valence-corrected chi connectivity index (χ4v) is 0.993. The second-order valence-electron chi connectivity index (χ2n) is 3.21. The van der Waals surface area contributed by atoms with Gasteiger partial charge in [-0.05, 0) is 19.3 Å². The predicted molar refractivity (Wildman–Crippen MR) is 56.2 cm³/mol. The van der Waals surface area contributed by atoms with Crippen LogP contribution in [0.1, 0.15) is 32.6 Å². The zero-order chi connectivity index (χ0) is 11.0. The molecule has 0 aliphatic heterocycles. The van der Waals surface area contributed by atoms with Crippen LogP contribution in [-0.4, -0.2) is 29.5 Å². The Balaban J connectivity index is 3.55. The van der Waals surface area contributed by atoms with Crippen LogP contribution < -0.4 is 11.5 Å². The Kier molecular flexibility index (Phi) is 6.74. The van der Waals surface area contributed by atoms with Crippen LogP contribution in [0.5, 0.6) is 0 Å². The molecule has 5 N–H and O–H groups in total. The maximum atomic E-state index is 10.3. The zero-order valence-electron chi connectivity index (χ0n) is 8.57. The maximum absolute atomic E-state index is 10.3. The summed E-state index contributed by atoms with van der Waals surface area (Å²) in [7, 11) is 0. The molecule has 0 spiro atoms. The molecule has 14 heavy (non-hydrogen) atoms. The van der Waals surface area contributed by atoms with Gasteiger partial charge in [0.25, 0.3) is 0 Å². The first-order valence-electron chi connectivity index (χ1n) is 4.85. The molecule has 0 aliphatic rings. The lowest BCUT2D eigenvalue weighted by atomic mass is 10.2. The second-order valence-corrected chi connectivity index (χ2v) is 3.21. The zero-order valence-corrected chi connectivity index (χ0v) is 8.57. The lowest BCUT2D eigenvalue weighted by Gasteiger charge is -2.04. The molecule has 0 aromatic carbocycles. The molecular formula is C9H19N3O2. The molecule has 0 aromatic heterocycles. The van der Waals surface area contributed by atoms with Gasteiger partial charge in [0, 0.05) is 13.0 Å². The number of nitrogens with zero attached hydrogens (tertiary/aromatic N) is 1. The number of hydrogen-bond acceptors (Lipinski definition) is 3. The van der Waals surface area contributed by atoms with Crippen molar-refractivity contribution in [3.63, 3.8) is 0 Å². The normalized spacial score (nSPS) is 14.0. The van der Waals surface area contributed by atoms with Gasteiger partial charge in [-0.1, -0.05) is 6.92 Å². The van der Waals surface area contributed by atoms with Gasteiger partial charge in [0.2, 0.25) is 0 Å². The predicted octanol–water partition coefficient (Wildman–Crippen LogP) is 0.336. The number of carboxylic acid groups (broad SMARTS) is 1. The summed E-state index contributed by atoms with van der Waals surface area (Å²) in [4.78, 5) is 14.4. The molecule has 0 bridgehead atoms. The molecule has 0 saturated heterocycles. The number of rotatable bonds is 7. The van der Waals surface area contributed by atoms with Gasteiger partial charge in [0.15, 0.2) is 0 Å². The van der Waals surface area contributed by atoms with Crippen molar-refractivity contribution in [2.24, 2.45) is 16.5 Å². The number of aliphatic carboxylic acids is 1. The van der Waals surface area contributed by atoms with Crippen LogP contribution in [0.15, 0.2) is 4.99 Å². The van der Waals surface area contributed by atoms with Gasteiger partial charge < -0.3 is 16.6 Å². The first-order chi connectivity index (χ1) is 6.57. The molecule has 0 amide bonds. The number of hydrogen-bond donors (Lipinski definition) is 3. The summed E-state index contributed by atoms with van der Waals surface area (Å²) in [5, 5.41) is 8.49. The second kappa shape index (κ2) is 7.32. The van der Waals surface area contributed by atoms with Crippen LogP contribution in [0.25, 0.3) is 0 Å². The molecule has 82 valence electrons. The summed E-state index contributed by atoms with van der Waals surface area (Å²) in [6.45, 7) is 2.59. The quantitative estimate of drug-likeness (QED) is 0.314. The van der Waals surface area contributed by atoms with Gasteiger partial charge in [-0.15, -0.1) is 0 Å².